The number of carbonyl (C=O) groups is 1. The molecule has 36 heavy (non-hydrogen) atoms. The molecule has 1 saturated carbocycles. The summed E-state index contributed by atoms with van der Waals surface area (Å²) in [6.45, 7) is 6.37. The molecule has 3 rings (SSSR count). The molecule has 2 aromatic rings. The van der Waals surface area contributed by atoms with Crippen LogP contribution >= 0.6 is 0 Å². The molecule has 0 heterocycles. The molecule has 0 aromatic heterocycles. The number of carbonyl (C=O) groups excluding carboxylic acids is 1. The van der Waals surface area contributed by atoms with Crippen molar-refractivity contribution in [3.8, 4) is 0 Å². The van der Waals surface area contributed by atoms with Crippen LogP contribution < -0.4 is 10.0 Å². The van der Waals surface area contributed by atoms with Crippen LogP contribution in [-0.2, 0) is 25.6 Å². The monoisotopic (exact) mass is 536 g/mol. The molecule has 0 bridgehead atoms. The molecule has 7 nitrogen and oxygen atoms in total. The standard InChI is InChI=1S/C27H40N2O5S2/c1-5-23(25(30)16-21-14-13-18(2)15-19(21)3)28-27(31)24(29-36(4,33)34)17-35(32)26-12-8-10-20-9-6-7-11-22(20)26/h6-12,18-19,21,23-25,29-30H,5,13-17H2,1-4H3,(H,28,31)/t18?,19?,21?,23-,24+,25+,35?/m0/s1. The maximum Gasteiger partial charge on any atom is 0.239 e. The first kappa shape index (κ1) is 28.8. The van der Waals surface area contributed by atoms with Gasteiger partial charge in [-0.25, -0.2) is 13.1 Å². The molecule has 1 fully saturated rings. The van der Waals surface area contributed by atoms with Gasteiger partial charge >= 0.3 is 0 Å². The van der Waals surface area contributed by atoms with E-state index in [1.165, 1.54) is 0 Å². The number of fused-ring (bicyclic) bond motifs is 1. The van der Waals surface area contributed by atoms with Gasteiger partial charge in [-0.1, -0.05) is 63.6 Å². The number of nitrogens with one attached hydrogen (secondary N) is 2. The number of hydrogen-bond acceptors (Lipinski definition) is 5. The van der Waals surface area contributed by atoms with Gasteiger partial charge in [-0.05, 0) is 60.3 Å². The highest BCUT2D eigenvalue weighted by Crippen LogP contribution is 2.36. The van der Waals surface area contributed by atoms with E-state index in [4.69, 9.17) is 0 Å². The van der Waals surface area contributed by atoms with Crippen LogP contribution in [0.3, 0.4) is 0 Å². The predicted octanol–water partition coefficient (Wildman–Crippen LogP) is 3.58. The second-order valence-electron chi connectivity index (χ2n) is 10.4. The summed E-state index contributed by atoms with van der Waals surface area (Å²) in [5.74, 6) is 0.813. The highest BCUT2D eigenvalue weighted by molar-refractivity contribution is 7.89. The maximum absolute atomic E-state index is 13.3. The topological polar surface area (TPSA) is 113 Å². The lowest BCUT2D eigenvalue weighted by atomic mass is 9.73. The largest absolute Gasteiger partial charge is 0.391 e. The highest BCUT2D eigenvalue weighted by Gasteiger charge is 2.32. The number of rotatable bonds is 11. The van der Waals surface area contributed by atoms with Crippen molar-refractivity contribution in [1.82, 2.24) is 10.0 Å². The van der Waals surface area contributed by atoms with E-state index in [1.54, 1.807) is 12.1 Å². The number of benzene rings is 2. The summed E-state index contributed by atoms with van der Waals surface area (Å²) in [7, 11) is -5.38. The molecule has 1 aliphatic rings. The van der Waals surface area contributed by atoms with Gasteiger partial charge in [0.2, 0.25) is 15.9 Å². The van der Waals surface area contributed by atoms with Gasteiger partial charge in [0.05, 0.1) is 35.0 Å². The van der Waals surface area contributed by atoms with E-state index in [0.717, 1.165) is 36.3 Å². The van der Waals surface area contributed by atoms with Crippen LogP contribution in [0.15, 0.2) is 47.4 Å². The lowest BCUT2D eigenvalue weighted by Crippen LogP contribution is -2.54. The third kappa shape index (κ3) is 7.84. The van der Waals surface area contributed by atoms with Gasteiger partial charge in [-0.2, -0.15) is 0 Å². The number of aliphatic hydroxyl groups excluding tert-OH is 1. The Balaban J connectivity index is 1.73. The fraction of sp³-hybridized carbons (Fsp3) is 0.593. The van der Waals surface area contributed by atoms with Crippen LogP contribution in [0.5, 0.6) is 0 Å². The van der Waals surface area contributed by atoms with Gasteiger partial charge in [0.25, 0.3) is 0 Å². The Morgan fingerprint density at radius 3 is 2.50 bits per heavy atom. The SMILES string of the molecule is CC[C@H](NC(=O)[C@@H](CS(=O)c1cccc2ccccc12)NS(C)(=O)=O)[C@H](O)CC1CCC(C)CC1C. The lowest BCUT2D eigenvalue weighted by Gasteiger charge is -2.35. The Morgan fingerprint density at radius 1 is 1.14 bits per heavy atom. The predicted molar refractivity (Wildman–Crippen MR) is 146 cm³/mol. The fourth-order valence-electron chi connectivity index (χ4n) is 5.36. The summed E-state index contributed by atoms with van der Waals surface area (Å²) < 4.78 is 39.8. The molecule has 200 valence electrons. The highest BCUT2D eigenvalue weighted by atomic mass is 32.2. The molecule has 7 atom stereocenters. The lowest BCUT2D eigenvalue weighted by molar-refractivity contribution is -0.124. The van der Waals surface area contributed by atoms with E-state index in [0.29, 0.717) is 35.5 Å². The summed E-state index contributed by atoms with van der Waals surface area (Å²) in [5.41, 5.74) is 0. The minimum absolute atomic E-state index is 0.211. The normalized spacial score (nSPS) is 24.1. The van der Waals surface area contributed by atoms with Crippen LogP contribution in [0.1, 0.15) is 52.9 Å². The summed E-state index contributed by atoms with van der Waals surface area (Å²) in [6, 6.07) is 11.2. The molecular weight excluding hydrogens is 496 g/mol. The molecule has 4 unspecified atom stereocenters. The molecule has 0 radical (unpaired) electrons. The average Bonchev–Trinajstić information content (AvgIpc) is 2.82. The van der Waals surface area contributed by atoms with E-state index in [2.05, 4.69) is 23.9 Å². The number of aliphatic hydroxyl groups is 1. The molecule has 1 amide bonds. The van der Waals surface area contributed by atoms with Crippen molar-refractivity contribution in [1.29, 1.82) is 0 Å². The Morgan fingerprint density at radius 2 is 1.83 bits per heavy atom. The number of hydrogen-bond donors (Lipinski definition) is 3. The van der Waals surface area contributed by atoms with E-state index >= 15 is 0 Å². The van der Waals surface area contributed by atoms with Gasteiger partial charge < -0.3 is 10.4 Å². The summed E-state index contributed by atoms with van der Waals surface area (Å²) >= 11 is 0. The Labute approximate surface area is 218 Å². The third-order valence-corrected chi connectivity index (χ3v) is 9.57. The van der Waals surface area contributed by atoms with Crippen LogP contribution in [0.4, 0.5) is 0 Å². The molecule has 1 aliphatic carbocycles. The number of sulfonamides is 1. The zero-order valence-corrected chi connectivity index (χ0v) is 23.3. The van der Waals surface area contributed by atoms with E-state index < -0.39 is 44.9 Å². The molecule has 0 aliphatic heterocycles. The number of amides is 1. The third-order valence-electron chi connectivity index (χ3n) is 7.37. The van der Waals surface area contributed by atoms with E-state index in [1.807, 2.05) is 37.3 Å². The van der Waals surface area contributed by atoms with Crippen LogP contribution in [0.2, 0.25) is 0 Å². The Bertz CT molecular complexity index is 1160. The minimum atomic E-state index is -3.74. The summed E-state index contributed by atoms with van der Waals surface area (Å²) in [4.78, 5) is 13.8. The van der Waals surface area contributed by atoms with Crippen molar-refractivity contribution in [2.75, 3.05) is 12.0 Å². The zero-order valence-electron chi connectivity index (χ0n) is 21.6. The summed E-state index contributed by atoms with van der Waals surface area (Å²) in [6.07, 6.45) is 4.69. The maximum atomic E-state index is 13.3. The van der Waals surface area contributed by atoms with Crippen molar-refractivity contribution in [2.45, 2.75) is 76.0 Å². The summed E-state index contributed by atoms with van der Waals surface area (Å²) in [5, 5.41) is 15.5. The first-order valence-corrected chi connectivity index (χ1v) is 16.0. The molecule has 2 aromatic carbocycles. The molecule has 0 spiro atoms. The van der Waals surface area contributed by atoms with Crippen molar-refractivity contribution in [3.63, 3.8) is 0 Å². The second-order valence-corrected chi connectivity index (χ2v) is 13.7. The first-order valence-electron chi connectivity index (χ1n) is 12.8. The first-order chi connectivity index (χ1) is 17.0. The average molecular weight is 537 g/mol. The van der Waals surface area contributed by atoms with Crippen molar-refractivity contribution >= 4 is 37.5 Å². The van der Waals surface area contributed by atoms with Crippen LogP contribution in [0, 0.1) is 17.8 Å². The van der Waals surface area contributed by atoms with Gasteiger partial charge in [-0.3, -0.25) is 9.00 Å². The van der Waals surface area contributed by atoms with Crippen LogP contribution in [0.25, 0.3) is 10.8 Å². The zero-order chi connectivity index (χ0) is 26.5. The molecular formula is C27H40N2O5S2. The van der Waals surface area contributed by atoms with E-state index in [9.17, 15) is 22.5 Å². The quantitative estimate of drug-likeness (QED) is 0.406. The smallest absolute Gasteiger partial charge is 0.239 e. The van der Waals surface area contributed by atoms with Crippen LogP contribution in [-0.4, -0.2) is 53.8 Å². The van der Waals surface area contributed by atoms with Crippen molar-refractivity contribution < 1.29 is 22.5 Å². The van der Waals surface area contributed by atoms with Gasteiger partial charge in [0.15, 0.2) is 0 Å². The molecule has 0 saturated heterocycles. The Hall–Kier alpha value is -1.81. The minimum Gasteiger partial charge on any atom is -0.391 e. The van der Waals surface area contributed by atoms with Crippen molar-refractivity contribution in [3.05, 3.63) is 42.5 Å². The second kappa shape index (κ2) is 12.6. The van der Waals surface area contributed by atoms with Gasteiger partial charge in [0, 0.05) is 4.90 Å². The fourth-order valence-corrected chi connectivity index (χ4v) is 7.55. The Kier molecular flexibility index (Phi) is 10.1. The van der Waals surface area contributed by atoms with Gasteiger partial charge in [0.1, 0.15) is 6.04 Å². The van der Waals surface area contributed by atoms with E-state index in [-0.39, 0.29) is 5.75 Å². The van der Waals surface area contributed by atoms with Gasteiger partial charge in [-0.15, -0.1) is 0 Å². The molecule has 9 heteroatoms. The van der Waals surface area contributed by atoms with Crippen molar-refractivity contribution in [2.24, 2.45) is 17.8 Å². The molecule has 3 N–H and O–H groups in total.